The highest BCUT2D eigenvalue weighted by molar-refractivity contribution is 5.86. The zero-order valence-electron chi connectivity index (χ0n) is 13.4. The Hall–Kier alpha value is -2.04. The number of nitrogens with zero attached hydrogens (tertiary/aromatic N) is 1. The second-order valence-electron chi connectivity index (χ2n) is 5.99. The van der Waals surface area contributed by atoms with Gasteiger partial charge in [0.25, 0.3) is 0 Å². The van der Waals surface area contributed by atoms with Gasteiger partial charge in [-0.15, -0.1) is 0 Å². The van der Waals surface area contributed by atoms with E-state index in [9.17, 15) is 9.59 Å². The number of benzene rings is 1. The van der Waals surface area contributed by atoms with Crippen molar-refractivity contribution in [1.29, 1.82) is 0 Å². The van der Waals surface area contributed by atoms with Crippen LogP contribution in [0.1, 0.15) is 38.2 Å². The summed E-state index contributed by atoms with van der Waals surface area (Å²) in [6, 6.07) is 8.06. The van der Waals surface area contributed by atoms with Crippen LogP contribution in [-0.4, -0.2) is 42.9 Å². The van der Waals surface area contributed by atoms with E-state index < -0.39 is 0 Å². The molecule has 0 unspecified atom stereocenters. The normalized spacial score (nSPS) is 14.2. The number of anilines is 1. The van der Waals surface area contributed by atoms with E-state index in [2.05, 4.69) is 36.6 Å². The van der Waals surface area contributed by atoms with Crippen molar-refractivity contribution >= 4 is 17.5 Å². The molecular weight excluding hydrogens is 278 g/mol. The summed E-state index contributed by atoms with van der Waals surface area (Å²) in [7, 11) is 0. The molecule has 0 atom stereocenters. The van der Waals surface area contributed by atoms with Gasteiger partial charge in [-0.25, -0.2) is 0 Å². The molecule has 0 saturated carbocycles. The summed E-state index contributed by atoms with van der Waals surface area (Å²) in [5.41, 5.74) is 2.18. The van der Waals surface area contributed by atoms with Crippen molar-refractivity contribution < 1.29 is 9.59 Å². The van der Waals surface area contributed by atoms with E-state index in [1.165, 1.54) is 5.56 Å². The largest absolute Gasteiger partial charge is 0.376 e. The molecule has 5 heteroatoms. The van der Waals surface area contributed by atoms with Crippen LogP contribution < -0.4 is 10.6 Å². The van der Waals surface area contributed by atoms with Gasteiger partial charge in [0.2, 0.25) is 11.8 Å². The third-order valence-electron chi connectivity index (χ3n) is 3.93. The van der Waals surface area contributed by atoms with Crippen LogP contribution in [0.4, 0.5) is 5.69 Å². The number of carbonyl (C=O) groups excluding carboxylic acids is 2. The van der Waals surface area contributed by atoms with Crippen molar-refractivity contribution in [3.8, 4) is 0 Å². The van der Waals surface area contributed by atoms with E-state index in [0.717, 1.165) is 31.6 Å². The van der Waals surface area contributed by atoms with E-state index in [-0.39, 0.29) is 24.9 Å². The Balaban J connectivity index is 1.69. The summed E-state index contributed by atoms with van der Waals surface area (Å²) in [5, 5.41) is 5.73. The summed E-state index contributed by atoms with van der Waals surface area (Å²) >= 11 is 0. The molecule has 0 bridgehead atoms. The van der Waals surface area contributed by atoms with Crippen molar-refractivity contribution in [2.75, 3.05) is 31.5 Å². The molecule has 1 heterocycles. The Morgan fingerprint density at radius 1 is 1.09 bits per heavy atom. The molecule has 0 spiro atoms. The zero-order chi connectivity index (χ0) is 15.9. The SMILES string of the molecule is CC(C)c1ccc(NCC(=O)NCC(=O)N2CCCC2)cc1. The minimum atomic E-state index is -0.166. The maximum atomic E-state index is 11.8. The Morgan fingerprint density at radius 2 is 1.73 bits per heavy atom. The van der Waals surface area contributed by atoms with Crippen molar-refractivity contribution in [2.24, 2.45) is 0 Å². The monoisotopic (exact) mass is 303 g/mol. The van der Waals surface area contributed by atoms with E-state index >= 15 is 0 Å². The van der Waals surface area contributed by atoms with Gasteiger partial charge in [-0.05, 0) is 36.5 Å². The lowest BCUT2D eigenvalue weighted by molar-refractivity contribution is -0.131. The van der Waals surface area contributed by atoms with Crippen LogP contribution in [0, 0.1) is 0 Å². The maximum Gasteiger partial charge on any atom is 0.241 e. The van der Waals surface area contributed by atoms with Gasteiger partial charge in [0, 0.05) is 18.8 Å². The molecule has 120 valence electrons. The van der Waals surface area contributed by atoms with Crippen molar-refractivity contribution in [2.45, 2.75) is 32.6 Å². The Kier molecular flexibility index (Phi) is 5.81. The van der Waals surface area contributed by atoms with E-state index in [0.29, 0.717) is 5.92 Å². The molecule has 2 N–H and O–H groups in total. The topological polar surface area (TPSA) is 61.4 Å². The molecule has 5 nitrogen and oxygen atoms in total. The molecule has 1 saturated heterocycles. The molecule has 1 fully saturated rings. The molecule has 1 aliphatic rings. The summed E-state index contributed by atoms with van der Waals surface area (Å²) in [4.78, 5) is 25.4. The Morgan fingerprint density at radius 3 is 2.32 bits per heavy atom. The lowest BCUT2D eigenvalue weighted by Gasteiger charge is -2.15. The van der Waals surface area contributed by atoms with Crippen molar-refractivity contribution in [1.82, 2.24) is 10.2 Å². The number of rotatable bonds is 6. The highest BCUT2D eigenvalue weighted by atomic mass is 16.2. The Labute approximate surface area is 132 Å². The summed E-state index contributed by atoms with van der Waals surface area (Å²) in [5.74, 6) is 0.335. The fourth-order valence-corrected chi connectivity index (χ4v) is 2.48. The quantitative estimate of drug-likeness (QED) is 0.844. The average molecular weight is 303 g/mol. The predicted octanol–water partition coefficient (Wildman–Crippen LogP) is 1.96. The molecule has 1 aliphatic heterocycles. The van der Waals surface area contributed by atoms with E-state index in [4.69, 9.17) is 0 Å². The second-order valence-corrected chi connectivity index (χ2v) is 5.99. The highest BCUT2D eigenvalue weighted by Crippen LogP contribution is 2.16. The molecule has 1 aromatic rings. The lowest BCUT2D eigenvalue weighted by atomic mass is 10.0. The highest BCUT2D eigenvalue weighted by Gasteiger charge is 2.17. The summed E-state index contributed by atoms with van der Waals surface area (Å²) < 4.78 is 0. The molecule has 2 rings (SSSR count). The van der Waals surface area contributed by atoms with Crippen LogP contribution in [0.15, 0.2) is 24.3 Å². The average Bonchev–Trinajstić information content (AvgIpc) is 3.05. The van der Waals surface area contributed by atoms with Gasteiger partial charge in [-0.1, -0.05) is 26.0 Å². The van der Waals surface area contributed by atoms with Gasteiger partial charge < -0.3 is 15.5 Å². The molecule has 2 amide bonds. The van der Waals surface area contributed by atoms with Gasteiger partial charge in [0.1, 0.15) is 0 Å². The summed E-state index contributed by atoms with van der Waals surface area (Å²) in [6.07, 6.45) is 2.13. The minimum Gasteiger partial charge on any atom is -0.376 e. The van der Waals surface area contributed by atoms with Gasteiger partial charge in [-0.2, -0.15) is 0 Å². The fraction of sp³-hybridized carbons (Fsp3) is 0.529. The lowest BCUT2D eigenvalue weighted by Crippen LogP contribution is -2.40. The van der Waals surface area contributed by atoms with Crippen LogP contribution in [0.3, 0.4) is 0 Å². The van der Waals surface area contributed by atoms with Gasteiger partial charge in [0.05, 0.1) is 13.1 Å². The smallest absolute Gasteiger partial charge is 0.241 e. The molecular formula is C17H25N3O2. The predicted molar refractivity (Wildman–Crippen MR) is 87.8 cm³/mol. The number of amides is 2. The van der Waals surface area contributed by atoms with Crippen LogP contribution in [0.2, 0.25) is 0 Å². The van der Waals surface area contributed by atoms with Crippen molar-refractivity contribution in [3.63, 3.8) is 0 Å². The van der Waals surface area contributed by atoms with Crippen LogP contribution in [0.5, 0.6) is 0 Å². The number of nitrogens with one attached hydrogen (secondary N) is 2. The molecule has 0 radical (unpaired) electrons. The van der Waals surface area contributed by atoms with E-state index in [1.807, 2.05) is 12.1 Å². The Bertz CT molecular complexity index is 505. The first-order valence-electron chi connectivity index (χ1n) is 7.94. The number of hydrogen-bond donors (Lipinski definition) is 2. The number of likely N-dealkylation sites (tertiary alicyclic amines) is 1. The molecule has 1 aromatic carbocycles. The van der Waals surface area contributed by atoms with Crippen molar-refractivity contribution in [3.05, 3.63) is 29.8 Å². The van der Waals surface area contributed by atoms with Gasteiger partial charge in [0.15, 0.2) is 0 Å². The first-order chi connectivity index (χ1) is 10.6. The van der Waals surface area contributed by atoms with Crippen LogP contribution >= 0.6 is 0 Å². The van der Waals surface area contributed by atoms with E-state index in [1.54, 1.807) is 4.90 Å². The standard InChI is InChI=1S/C17H25N3O2/c1-13(2)14-5-7-15(8-6-14)18-11-16(21)19-12-17(22)20-9-3-4-10-20/h5-8,13,18H,3-4,9-12H2,1-2H3,(H,19,21). The summed E-state index contributed by atoms with van der Waals surface area (Å²) in [6.45, 7) is 6.19. The first kappa shape index (κ1) is 16.3. The second kappa shape index (κ2) is 7.82. The fourth-order valence-electron chi connectivity index (χ4n) is 2.48. The minimum absolute atomic E-state index is 0.00661. The third-order valence-corrected chi connectivity index (χ3v) is 3.93. The van der Waals surface area contributed by atoms with Crippen LogP contribution in [0.25, 0.3) is 0 Å². The third kappa shape index (κ3) is 4.76. The van der Waals surface area contributed by atoms with Crippen LogP contribution in [-0.2, 0) is 9.59 Å². The number of carbonyl (C=O) groups is 2. The first-order valence-corrected chi connectivity index (χ1v) is 7.94. The zero-order valence-corrected chi connectivity index (χ0v) is 13.4. The molecule has 0 aliphatic carbocycles. The van der Waals surface area contributed by atoms with Gasteiger partial charge >= 0.3 is 0 Å². The number of hydrogen-bond acceptors (Lipinski definition) is 3. The van der Waals surface area contributed by atoms with Gasteiger partial charge in [-0.3, -0.25) is 9.59 Å². The molecule has 0 aromatic heterocycles. The maximum absolute atomic E-state index is 11.8. The molecule has 22 heavy (non-hydrogen) atoms.